The molecule has 0 unspecified atom stereocenters. The average molecular weight is 412 g/mol. The molecule has 1 aromatic carbocycles. The van der Waals surface area contributed by atoms with Crippen molar-refractivity contribution in [1.29, 1.82) is 0 Å². The fourth-order valence-electron chi connectivity index (χ4n) is 3.71. The van der Waals surface area contributed by atoms with E-state index in [9.17, 15) is 14.0 Å². The van der Waals surface area contributed by atoms with E-state index in [1.807, 2.05) is 13.8 Å². The molecule has 0 aliphatic carbocycles. The Morgan fingerprint density at radius 3 is 2.41 bits per heavy atom. The van der Waals surface area contributed by atoms with Gasteiger partial charge in [0.25, 0.3) is 5.91 Å². The molecule has 1 amide bonds. The van der Waals surface area contributed by atoms with Gasteiger partial charge in [-0.3, -0.25) is 4.79 Å². The molecule has 0 bridgehead atoms. The number of methoxy groups -OCH3 is 2. The van der Waals surface area contributed by atoms with Crippen LogP contribution in [0.2, 0.25) is 0 Å². The molecule has 8 heteroatoms. The molecule has 29 heavy (non-hydrogen) atoms. The zero-order chi connectivity index (χ0) is 21.4. The third kappa shape index (κ3) is 6.68. The van der Waals surface area contributed by atoms with Crippen LogP contribution in [-0.4, -0.2) is 64.9 Å². The molecule has 0 aromatic heterocycles. The van der Waals surface area contributed by atoms with Crippen LogP contribution >= 0.6 is 0 Å². The number of ether oxygens (including phenoxy) is 2. The maximum atomic E-state index is 13.6. The molecule has 1 fully saturated rings. The number of esters is 1. The summed E-state index contributed by atoms with van der Waals surface area (Å²) in [6, 6.07) is 3.98. The van der Waals surface area contributed by atoms with Crippen LogP contribution in [0.5, 0.6) is 5.75 Å². The van der Waals surface area contributed by atoms with Crippen molar-refractivity contribution in [2.45, 2.75) is 32.9 Å². The van der Waals surface area contributed by atoms with Crippen molar-refractivity contribution in [1.82, 2.24) is 5.32 Å². The maximum Gasteiger partial charge on any atom is 0.328 e. The summed E-state index contributed by atoms with van der Waals surface area (Å²) in [5, 5.41) is 2.84. The number of nitrogens with one attached hydrogen (secondary N) is 3. The number of quaternary nitrogens is 2. The Bertz CT molecular complexity index is 693. The molecular weight excluding hydrogens is 377 g/mol. The van der Waals surface area contributed by atoms with E-state index < -0.39 is 12.0 Å². The number of piperazine rings is 1. The molecule has 2 rings (SSSR count). The number of halogens is 1. The highest BCUT2D eigenvalue weighted by Gasteiger charge is 2.30. The van der Waals surface area contributed by atoms with E-state index in [1.165, 1.54) is 29.0 Å². The topological polar surface area (TPSA) is 73.5 Å². The minimum atomic E-state index is -0.607. The van der Waals surface area contributed by atoms with E-state index in [-0.39, 0.29) is 17.6 Å². The second-order valence-electron chi connectivity index (χ2n) is 7.76. The van der Waals surface area contributed by atoms with Crippen LogP contribution in [0.1, 0.15) is 25.8 Å². The van der Waals surface area contributed by atoms with Crippen LogP contribution in [0.3, 0.4) is 0 Å². The van der Waals surface area contributed by atoms with E-state index in [2.05, 4.69) is 5.32 Å². The lowest BCUT2D eigenvalue weighted by Gasteiger charge is -2.30. The lowest BCUT2D eigenvalue weighted by atomic mass is 9.99. The normalized spacial score (nSPS) is 21.1. The van der Waals surface area contributed by atoms with E-state index in [4.69, 9.17) is 9.47 Å². The first-order chi connectivity index (χ1) is 13.9. The molecule has 0 saturated carbocycles. The highest BCUT2D eigenvalue weighted by molar-refractivity contribution is 5.85. The fraction of sp³-hybridized carbons (Fsp3) is 0.619. The number of carbonyl (C=O) groups excluding carboxylic acids is 2. The van der Waals surface area contributed by atoms with Gasteiger partial charge in [-0.2, -0.15) is 0 Å². The lowest BCUT2D eigenvalue weighted by molar-refractivity contribution is -1.02. The quantitative estimate of drug-likeness (QED) is 0.448. The zero-order valence-electron chi connectivity index (χ0n) is 17.8. The molecule has 7 nitrogen and oxygen atoms in total. The van der Waals surface area contributed by atoms with Gasteiger partial charge in [0.05, 0.1) is 19.8 Å². The lowest BCUT2D eigenvalue weighted by Crippen LogP contribution is -3.28. The Labute approximate surface area is 172 Å². The van der Waals surface area contributed by atoms with Gasteiger partial charge in [0.2, 0.25) is 0 Å². The monoisotopic (exact) mass is 411 g/mol. The summed E-state index contributed by atoms with van der Waals surface area (Å²) < 4.78 is 23.7. The number of benzene rings is 1. The first-order valence-electron chi connectivity index (χ1n) is 10.2. The van der Waals surface area contributed by atoms with E-state index in [1.54, 1.807) is 13.2 Å². The van der Waals surface area contributed by atoms with Crippen molar-refractivity contribution in [3.63, 3.8) is 0 Å². The summed E-state index contributed by atoms with van der Waals surface area (Å²) in [6.45, 7) is 8.38. The third-order valence-corrected chi connectivity index (χ3v) is 5.74. The van der Waals surface area contributed by atoms with Crippen LogP contribution in [-0.2, 0) is 20.9 Å². The Balaban J connectivity index is 1.84. The van der Waals surface area contributed by atoms with Crippen molar-refractivity contribution in [2.24, 2.45) is 5.92 Å². The first kappa shape index (κ1) is 23.1. The second-order valence-corrected chi connectivity index (χ2v) is 7.76. The summed E-state index contributed by atoms with van der Waals surface area (Å²) in [4.78, 5) is 26.9. The van der Waals surface area contributed by atoms with E-state index >= 15 is 0 Å². The van der Waals surface area contributed by atoms with Gasteiger partial charge in [-0.15, -0.1) is 0 Å². The second kappa shape index (κ2) is 11.1. The molecule has 0 spiro atoms. The highest BCUT2D eigenvalue weighted by Crippen LogP contribution is 2.18. The van der Waals surface area contributed by atoms with E-state index in [0.717, 1.165) is 38.2 Å². The van der Waals surface area contributed by atoms with Crippen molar-refractivity contribution < 1.29 is 33.3 Å². The molecule has 162 valence electrons. The molecule has 1 aliphatic heterocycles. The van der Waals surface area contributed by atoms with Crippen LogP contribution in [0.4, 0.5) is 4.39 Å². The van der Waals surface area contributed by atoms with Crippen molar-refractivity contribution in [3.8, 4) is 5.75 Å². The Hall–Kier alpha value is -2.19. The van der Waals surface area contributed by atoms with Gasteiger partial charge in [-0.1, -0.05) is 20.3 Å². The molecule has 1 aliphatic rings. The summed E-state index contributed by atoms with van der Waals surface area (Å²) in [5.41, 5.74) is 0.859. The largest absolute Gasteiger partial charge is 0.496 e. The summed E-state index contributed by atoms with van der Waals surface area (Å²) in [7, 11) is 2.93. The molecular formula is C21H34FN3O4+2. The van der Waals surface area contributed by atoms with Gasteiger partial charge >= 0.3 is 5.97 Å². The first-order valence-corrected chi connectivity index (χ1v) is 10.2. The molecule has 3 N–H and O–H groups in total. The standard InChI is InChI=1S/C21H32FN3O4/c1-5-15(2)20(21(27)29-4)23-19(26)14-25-10-8-24(9-11-25)13-16-12-17(22)6-7-18(16)28-3/h6-7,12,15,20H,5,8-11,13-14H2,1-4H3,(H,23,26)/p+2/t15-,20+/m0/s1. The summed E-state index contributed by atoms with van der Waals surface area (Å²) >= 11 is 0. The van der Waals surface area contributed by atoms with Gasteiger partial charge < -0.3 is 24.6 Å². The predicted molar refractivity (Wildman–Crippen MR) is 106 cm³/mol. The van der Waals surface area contributed by atoms with Gasteiger partial charge in [0.1, 0.15) is 50.3 Å². The Morgan fingerprint density at radius 2 is 1.83 bits per heavy atom. The van der Waals surface area contributed by atoms with Gasteiger partial charge in [0.15, 0.2) is 6.54 Å². The number of amides is 1. The number of carbonyl (C=O) groups is 2. The van der Waals surface area contributed by atoms with Crippen molar-refractivity contribution in [2.75, 3.05) is 46.9 Å². The number of rotatable bonds is 9. The van der Waals surface area contributed by atoms with Crippen molar-refractivity contribution >= 4 is 11.9 Å². The van der Waals surface area contributed by atoms with Crippen LogP contribution < -0.4 is 19.9 Å². The number of hydrogen-bond acceptors (Lipinski definition) is 4. The van der Waals surface area contributed by atoms with Gasteiger partial charge in [-0.25, -0.2) is 9.18 Å². The summed E-state index contributed by atoms with van der Waals surface area (Å²) in [5.74, 6) is -0.0783. The minimum Gasteiger partial charge on any atom is -0.496 e. The predicted octanol–water partition coefficient (Wildman–Crippen LogP) is -1.18. The highest BCUT2D eigenvalue weighted by atomic mass is 19.1. The van der Waals surface area contributed by atoms with Gasteiger partial charge in [0, 0.05) is 0 Å². The fourth-order valence-corrected chi connectivity index (χ4v) is 3.71. The smallest absolute Gasteiger partial charge is 0.328 e. The summed E-state index contributed by atoms with van der Waals surface area (Å²) in [6.07, 6.45) is 0.776. The minimum absolute atomic E-state index is 0.0175. The molecule has 1 heterocycles. The van der Waals surface area contributed by atoms with Crippen LogP contribution in [0, 0.1) is 11.7 Å². The van der Waals surface area contributed by atoms with E-state index in [0.29, 0.717) is 18.8 Å². The SMILES string of the molecule is CC[C@H](C)[C@@H](NC(=O)C[NH+]1CC[NH+](Cc2cc(F)ccc2OC)CC1)C(=O)OC. The Kier molecular flexibility index (Phi) is 8.85. The van der Waals surface area contributed by atoms with Crippen LogP contribution in [0.25, 0.3) is 0 Å². The van der Waals surface area contributed by atoms with Gasteiger partial charge in [-0.05, 0) is 24.1 Å². The molecule has 1 aromatic rings. The third-order valence-electron chi connectivity index (χ3n) is 5.74. The average Bonchev–Trinajstić information content (AvgIpc) is 2.72. The molecule has 2 atom stereocenters. The molecule has 0 radical (unpaired) electrons. The zero-order valence-corrected chi connectivity index (χ0v) is 17.8. The maximum absolute atomic E-state index is 13.6. The van der Waals surface area contributed by atoms with Crippen LogP contribution in [0.15, 0.2) is 18.2 Å². The van der Waals surface area contributed by atoms with Crippen molar-refractivity contribution in [3.05, 3.63) is 29.6 Å². The Morgan fingerprint density at radius 1 is 1.17 bits per heavy atom. The number of hydrogen-bond donors (Lipinski definition) is 3. The molecule has 1 saturated heterocycles.